The molecule has 2 aromatic rings. The fourth-order valence-corrected chi connectivity index (χ4v) is 2.32. The monoisotopic (exact) mass is 322 g/mol. The number of likely N-dealkylation sites (N-methyl/N-ethyl adjacent to an activating group) is 1. The number of rotatable bonds is 6. The van der Waals surface area contributed by atoms with Gasteiger partial charge in [0.25, 0.3) is 5.56 Å². The van der Waals surface area contributed by atoms with Crippen LogP contribution in [-0.4, -0.2) is 42.8 Å². The molecule has 0 fully saturated rings. The molecule has 2 rings (SSSR count). The summed E-state index contributed by atoms with van der Waals surface area (Å²) in [5.41, 5.74) is 1.21. The topological polar surface area (TPSA) is 70.2 Å². The van der Waals surface area contributed by atoms with Crippen molar-refractivity contribution in [2.45, 2.75) is 6.04 Å². The van der Waals surface area contributed by atoms with Crippen LogP contribution in [0.15, 0.2) is 35.3 Å². The van der Waals surface area contributed by atoms with Crippen molar-refractivity contribution < 1.29 is 4.74 Å². The summed E-state index contributed by atoms with van der Waals surface area (Å²) in [6, 6.07) is 7.97. The number of hydrogen-bond donors (Lipinski definition) is 2. The van der Waals surface area contributed by atoms with E-state index < -0.39 is 5.56 Å². The Hall–Kier alpha value is -2.05. The smallest absolute Gasteiger partial charge is 0.285 e. The molecule has 0 aliphatic heterocycles. The second kappa shape index (κ2) is 7.29. The first kappa shape index (κ1) is 16.3. The minimum atomic E-state index is -0.408. The third-order valence-electron chi connectivity index (χ3n) is 3.38. The molecule has 1 atom stereocenters. The van der Waals surface area contributed by atoms with Crippen molar-refractivity contribution in [2.75, 3.05) is 33.1 Å². The number of aromatic amines is 1. The van der Waals surface area contributed by atoms with Gasteiger partial charge in [-0.25, -0.2) is 5.10 Å². The summed E-state index contributed by atoms with van der Waals surface area (Å²) in [4.78, 5) is 13.5. The SMILES string of the molecule is COc1cccc(C(CNc2cn[nH]c(=O)c2Cl)N(C)C)c1. The molecule has 7 heteroatoms. The highest BCUT2D eigenvalue weighted by Gasteiger charge is 2.15. The molecule has 0 amide bonds. The molecule has 0 bridgehead atoms. The minimum Gasteiger partial charge on any atom is -0.497 e. The molecule has 1 unspecified atom stereocenters. The molecule has 0 radical (unpaired) electrons. The maximum Gasteiger partial charge on any atom is 0.285 e. The zero-order chi connectivity index (χ0) is 16.1. The number of hydrogen-bond acceptors (Lipinski definition) is 5. The van der Waals surface area contributed by atoms with Gasteiger partial charge in [-0.05, 0) is 31.8 Å². The van der Waals surface area contributed by atoms with Gasteiger partial charge in [0.05, 0.1) is 25.0 Å². The molecule has 0 aliphatic rings. The number of aromatic nitrogens is 2. The van der Waals surface area contributed by atoms with Gasteiger partial charge in [-0.15, -0.1) is 0 Å². The van der Waals surface area contributed by atoms with E-state index in [9.17, 15) is 4.79 Å². The van der Waals surface area contributed by atoms with Crippen molar-refractivity contribution in [2.24, 2.45) is 0 Å². The van der Waals surface area contributed by atoms with Crippen LogP contribution in [0.1, 0.15) is 11.6 Å². The number of halogens is 1. The lowest BCUT2D eigenvalue weighted by atomic mass is 10.1. The molecule has 118 valence electrons. The van der Waals surface area contributed by atoms with Crippen molar-refractivity contribution in [3.63, 3.8) is 0 Å². The van der Waals surface area contributed by atoms with Crippen LogP contribution < -0.4 is 15.6 Å². The van der Waals surface area contributed by atoms with Crippen LogP contribution in [0.5, 0.6) is 5.75 Å². The van der Waals surface area contributed by atoms with Crippen molar-refractivity contribution in [3.8, 4) is 5.75 Å². The van der Waals surface area contributed by atoms with Crippen molar-refractivity contribution in [1.82, 2.24) is 15.1 Å². The number of nitrogens with one attached hydrogen (secondary N) is 2. The Bertz CT molecular complexity index is 687. The third kappa shape index (κ3) is 3.78. The molecule has 2 N–H and O–H groups in total. The maximum atomic E-state index is 11.5. The Balaban J connectivity index is 2.19. The molecule has 1 aromatic heterocycles. The van der Waals surface area contributed by atoms with E-state index in [4.69, 9.17) is 16.3 Å². The summed E-state index contributed by atoms with van der Waals surface area (Å²) in [6.45, 7) is 0.574. The first-order valence-corrected chi connectivity index (χ1v) is 7.18. The fourth-order valence-electron chi connectivity index (χ4n) is 2.16. The summed E-state index contributed by atoms with van der Waals surface area (Å²) in [5, 5.41) is 9.33. The van der Waals surface area contributed by atoms with Crippen LogP contribution in [-0.2, 0) is 0 Å². The molecule has 0 saturated heterocycles. The Morgan fingerprint density at radius 2 is 2.23 bits per heavy atom. The van der Waals surface area contributed by atoms with E-state index in [0.717, 1.165) is 11.3 Å². The average molecular weight is 323 g/mol. The lowest BCUT2D eigenvalue weighted by molar-refractivity contribution is 0.310. The van der Waals surface area contributed by atoms with Crippen LogP contribution in [0.3, 0.4) is 0 Å². The molecule has 6 nitrogen and oxygen atoms in total. The summed E-state index contributed by atoms with van der Waals surface area (Å²) >= 11 is 5.97. The predicted molar refractivity (Wildman–Crippen MR) is 87.8 cm³/mol. The number of anilines is 1. The van der Waals surface area contributed by atoms with E-state index >= 15 is 0 Å². The Kier molecular flexibility index (Phi) is 5.41. The van der Waals surface area contributed by atoms with Gasteiger partial charge in [-0.1, -0.05) is 23.7 Å². The zero-order valence-electron chi connectivity index (χ0n) is 12.8. The largest absolute Gasteiger partial charge is 0.497 e. The van der Waals surface area contributed by atoms with Crippen LogP contribution in [0, 0.1) is 0 Å². The van der Waals surface area contributed by atoms with Gasteiger partial charge >= 0.3 is 0 Å². The van der Waals surface area contributed by atoms with Crippen LogP contribution in [0.4, 0.5) is 5.69 Å². The molecule has 22 heavy (non-hydrogen) atoms. The standard InChI is InChI=1S/C15H19ClN4O2/c1-20(2)13(10-5-4-6-11(7-10)22-3)9-17-12-8-18-19-15(21)14(12)16/h4-8,13H,9H2,1-3H3,(H2,17,19,21). The Labute approximate surface area is 134 Å². The molecule has 1 heterocycles. The van der Waals surface area contributed by atoms with Crippen molar-refractivity contribution >= 4 is 17.3 Å². The predicted octanol–water partition coefficient (Wildman–Crippen LogP) is 2.15. The maximum absolute atomic E-state index is 11.5. The van der Waals surface area contributed by atoms with Crippen LogP contribution >= 0.6 is 11.6 Å². The van der Waals surface area contributed by atoms with Gasteiger partial charge in [0.15, 0.2) is 0 Å². The second-order valence-electron chi connectivity index (χ2n) is 5.06. The van der Waals surface area contributed by atoms with E-state index in [-0.39, 0.29) is 11.1 Å². The molecule has 0 saturated carbocycles. The molecule has 0 aliphatic carbocycles. The van der Waals surface area contributed by atoms with Gasteiger partial charge in [-0.3, -0.25) is 4.79 Å². The Morgan fingerprint density at radius 3 is 2.91 bits per heavy atom. The summed E-state index contributed by atoms with van der Waals surface area (Å²) in [7, 11) is 5.62. The van der Waals surface area contributed by atoms with Gasteiger partial charge < -0.3 is 15.0 Å². The average Bonchev–Trinajstić information content (AvgIpc) is 2.51. The molecular weight excluding hydrogens is 304 g/mol. The van der Waals surface area contributed by atoms with E-state index in [1.165, 1.54) is 6.20 Å². The zero-order valence-corrected chi connectivity index (χ0v) is 13.5. The first-order valence-electron chi connectivity index (χ1n) is 6.80. The number of H-pyrrole nitrogens is 1. The second-order valence-corrected chi connectivity index (χ2v) is 5.44. The van der Waals surface area contributed by atoms with Gasteiger partial charge in [-0.2, -0.15) is 5.10 Å². The van der Waals surface area contributed by atoms with Gasteiger partial charge in [0.2, 0.25) is 0 Å². The lowest BCUT2D eigenvalue weighted by Gasteiger charge is -2.26. The highest BCUT2D eigenvalue weighted by atomic mass is 35.5. The highest BCUT2D eigenvalue weighted by Crippen LogP contribution is 2.24. The van der Waals surface area contributed by atoms with Gasteiger partial charge in [0, 0.05) is 6.54 Å². The molecule has 0 spiro atoms. The van der Waals surface area contributed by atoms with E-state index in [2.05, 4.69) is 20.4 Å². The van der Waals surface area contributed by atoms with E-state index in [0.29, 0.717) is 12.2 Å². The number of nitrogens with zero attached hydrogens (tertiary/aromatic N) is 2. The van der Waals surface area contributed by atoms with Crippen molar-refractivity contribution in [1.29, 1.82) is 0 Å². The minimum absolute atomic E-state index is 0.0884. The number of benzene rings is 1. The van der Waals surface area contributed by atoms with Crippen LogP contribution in [0.25, 0.3) is 0 Å². The molecular formula is C15H19ClN4O2. The van der Waals surface area contributed by atoms with E-state index in [1.54, 1.807) is 7.11 Å². The highest BCUT2D eigenvalue weighted by molar-refractivity contribution is 6.32. The Morgan fingerprint density at radius 1 is 1.45 bits per heavy atom. The summed E-state index contributed by atoms with van der Waals surface area (Å²) < 4.78 is 5.27. The first-order chi connectivity index (χ1) is 10.5. The van der Waals surface area contributed by atoms with E-state index in [1.807, 2.05) is 38.4 Å². The quantitative estimate of drug-likeness (QED) is 0.852. The third-order valence-corrected chi connectivity index (χ3v) is 3.76. The molecule has 1 aromatic carbocycles. The van der Waals surface area contributed by atoms with Gasteiger partial charge in [0.1, 0.15) is 10.8 Å². The summed E-state index contributed by atoms with van der Waals surface area (Å²) in [6.07, 6.45) is 1.50. The summed E-state index contributed by atoms with van der Waals surface area (Å²) in [5.74, 6) is 0.806. The number of methoxy groups -OCH3 is 1. The van der Waals surface area contributed by atoms with Crippen molar-refractivity contribution in [3.05, 3.63) is 51.4 Å². The number of ether oxygens (including phenoxy) is 1. The fraction of sp³-hybridized carbons (Fsp3) is 0.333. The normalized spacial score (nSPS) is 12.2. The lowest BCUT2D eigenvalue weighted by Crippen LogP contribution is -2.27. The van der Waals surface area contributed by atoms with Crippen LogP contribution in [0.2, 0.25) is 5.02 Å².